The van der Waals surface area contributed by atoms with Gasteiger partial charge in [-0.1, -0.05) is 48.0 Å². The Hall–Kier alpha value is -1.35. The highest BCUT2D eigenvalue weighted by Gasteiger charge is 2.20. The van der Waals surface area contributed by atoms with E-state index in [1.807, 2.05) is 18.2 Å². The van der Waals surface area contributed by atoms with Crippen LogP contribution in [0.15, 0.2) is 42.5 Å². The molecule has 3 heteroatoms. The van der Waals surface area contributed by atoms with Gasteiger partial charge in [0.05, 0.1) is 12.7 Å². The highest BCUT2D eigenvalue weighted by molar-refractivity contribution is 6.31. The van der Waals surface area contributed by atoms with E-state index in [-0.39, 0.29) is 6.10 Å². The van der Waals surface area contributed by atoms with Crippen molar-refractivity contribution in [1.82, 2.24) is 0 Å². The molecule has 2 N–H and O–H groups in total. The molecular weight excluding hydrogens is 282 g/mol. The van der Waals surface area contributed by atoms with Gasteiger partial charge in [-0.15, -0.1) is 0 Å². The zero-order chi connectivity index (χ0) is 14.7. The molecule has 0 bridgehead atoms. The first-order chi connectivity index (χ1) is 10.3. The van der Waals surface area contributed by atoms with E-state index in [9.17, 15) is 0 Å². The van der Waals surface area contributed by atoms with Crippen LogP contribution in [0, 0.1) is 0 Å². The maximum Gasteiger partial charge on any atom is 0.0832 e. The second-order valence-electron chi connectivity index (χ2n) is 5.52. The summed E-state index contributed by atoms with van der Waals surface area (Å²) in [7, 11) is 0. The monoisotopic (exact) mass is 301 g/mol. The summed E-state index contributed by atoms with van der Waals surface area (Å²) in [5.41, 5.74) is 10.4. The fraction of sp³-hybridized carbons (Fsp3) is 0.333. The predicted molar refractivity (Wildman–Crippen MR) is 86.3 cm³/mol. The van der Waals surface area contributed by atoms with Crippen LogP contribution in [0.5, 0.6) is 0 Å². The molecule has 0 heterocycles. The van der Waals surface area contributed by atoms with Crippen LogP contribution in [0.1, 0.15) is 41.2 Å². The molecular formula is C18H20ClNO. The van der Waals surface area contributed by atoms with E-state index < -0.39 is 0 Å². The lowest BCUT2D eigenvalue weighted by Gasteiger charge is -2.25. The molecule has 0 fully saturated rings. The van der Waals surface area contributed by atoms with Crippen LogP contribution in [0.4, 0.5) is 0 Å². The lowest BCUT2D eigenvalue weighted by molar-refractivity contribution is 0.0283. The second-order valence-corrected chi connectivity index (χ2v) is 5.93. The highest BCUT2D eigenvalue weighted by Crippen LogP contribution is 2.33. The average molecular weight is 302 g/mol. The van der Waals surface area contributed by atoms with Gasteiger partial charge in [0.25, 0.3) is 0 Å². The third-order valence-electron chi connectivity index (χ3n) is 4.11. The van der Waals surface area contributed by atoms with Gasteiger partial charge < -0.3 is 10.5 Å². The first-order valence-electron chi connectivity index (χ1n) is 7.44. The molecule has 1 atom stereocenters. The third kappa shape index (κ3) is 3.29. The summed E-state index contributed by atoms with van der Waals surface area (Å²) >= 11 is 6.29. The molecule has 3 rings (SSSR count). The van der Waals surface area contributed by atoms with Gasteiger partial charge in [-0.25, -0.2) is 0 Å². The van der Waals surface area contributed by atoms with Gasteiger partial charge in [0.2, 0.25) is 0 Å². The molecule has 0 aliphatic heterocycles. The number of benzene rings is 2. The number of halogens is 1. The van der Waals surface area contributed by atoms with E-state index in [0.717, 1.165) is 29.0 Å². The topological polar surface area (TPSA) is 35.2 Å². The minimum Gasteiger partial charge on any atom is -0.369 e. The van der Waals surface area contributed by atoms with Crippen molar-refractivity contribution in [1.29, 1.82) is 0 Å². The van der Waals surface area contributed by atoms with Gasteiger partial charge in [-0.2, -0.15) is 0 Å². The quantitative estimate of drug-likeness (QED) is 0.909. The molecule has 1 aliphatic rings. The van der Waals surface area contributed by atoms with Gasteiger partial charge in [0.1, 0.15) is 0 Å². The molecule has 0 saturated heterocycles. The Morgan fingerprint density at radius 3 is 2.86 bits per heavy atom. The number of fused-ring (bicyclic) bond motifs is 1. The zero-order valence-corrected chi connectivity index (χ0v) is 12.8. The van der Waals surface area contributed by atoms with Crippen molar-refractivity contribution >= 4 is 11.6 Å². The van der Waals surface area contributed by atoms with Crippen molar-refractivity contribution in [2.75, 3.05) is 0 Å². The van der Waals surface area contributed by atoms with E-state index >= 15 is 0 Å². The van der Waals surface area contributed by atoms with Crippen LogP contribution in [-0.4, -0.2) is 0 Å². The van der Waals surface area contributed by atoms with Gasteiger partial charge in [-0.05, 0) is 47.6 Å². The fourth-order valence-electron chi connectivity index (χ4n) is 2.91. The number of nitrogens with two attached hydrogens (primary N) is 1. The predicted octanol–water partition coefficient (Wildman–Crippen LogP) is 4.39. The Kier molecular flexibility index (Phi) is 4.59. The smallest absolute Gasteiger partial charge is 0.0832 e. The molecule has 21 heavy (non-hydrogen) atoms. The summed E-state index contributed by atoms with van der Waals surface area (Å²) < 4.78 is 6.13. The molecule has 1 unspecified atom stereocenters. The molecule has 0 amide bonds. The molecule has 0 saturated carbocycles. The van der Waals surface area contributed by atoms with Crippen LogP contribution in [0.3, 0.4) is 0 Å². The summed E-state index contributed by atoms with van der Waals surface area (Å²) in [6.45, 7) is 1.06. The van der Waals surface area contributed by atoms with Gasteiger partial charge in [0, 0.05) is 11.6 Å². The Balaban J connectivity index is 1.71. The number of aryl methyl sites for hydroxylation is 1. The lowest BCUT2D eigenvalue weighted by Crippen LogP contribution is -2.13. The Labute approximate surface area is 130 Å². The molecule has 0 aromatic heterocycles. The van der Waals surface area contributed by atoms with Gasteiger partial charge >= 0.3 is 0 Å². The van der Waals surface area contributed by atoms with Crippen LogP contribution in [0.25, 0.3) is 0 Å². The first kappa shape index (κ1) is 14.6. The maximum atomic E-state index is 6.29. The van der Waals surface area contributed by atoms with E-state index in [0.29, 0.717) is 13.2 Å². The summed E-state index contributed by atoms with van der Waals surface area (Å²) in [5.74, 6) is 0. The highest BCUT2D eigenvalue weighted by atomic mass is 35.5. The lowest BCUT2D eigenvalue weighted by atomic mass is 9.89. The second kappa shape index (κ2) is 6.61. The largest absolute Gasteiger partial charge is 0.369 e. The van der Waals surface area contributed by atoms with Crippen LogP contribution in [-0.2, 0) is 24.3 Å². The van der Waals surface area contributed by atoms with E-state index in [1.54, 1.807) is 0 Å². The van der Waals surface area contributed by atoms with E-state index in [4.69, 9.17) is 22.1 Å². The first-order valence-corrected chi connectivity index (χ1v) is 7.82. The maximum absolute atomic E-state index is 6.29. The molecule has 2 aromatic rings. The minimum absolute atomic E-state index is 0.181. The van der Waals surface area contributed by atoms with Crippen molar-refractivity contribution in [3.8, 4) is 0 Å². The van der Waals surface area contributed by atoms with Crippen molar-refractivity contribution in [3.63, 3.8) is 0 Å². The normalized spacial score (nSPS) is 17.5. The number of hydrogen-bond acceptors (Lipinski definition) is 2. The van der Waals surface area contributed by atoms with Crippen molar-refractivity contribution in [3.05, 3.63) is 69.7 Å². The molecule has 2 nitrogen and oxygen atoms in total. The Morgan fingerprint density at radius 2 is 2.05 bits per heavy atom. The number of hydrogen-bond donors (Lipinski definition) is 1. The summed E-state index contributed by atoms with van der Waals surface area (Å²) in [6, 6.07) is 14.5. The van der Waals surface area contributed by atoms with Crippen LogP contribution < -0.4 is 5.73 Å². The van der Waals surface area contributed by atoms with E-state index in [2.05, 4.69) is 24.3 Å². The average Bonchev–Trinajstić information content (AvgIpc) is 2.53. The zero-order valence-electron chi connectivity index (χ0n) is 12.0. The fourth-order valence-corrected chi connectivity index (χ4v) is 3.17. The summed E-state index contributed by atoms with van der Waals surface area (Å²) in [6.07, 6.45) is 3.60. The van der Waals surface area contributed by atoms with Crippen LogP contribution in [0.2, 0.25) is 5.02 Å². The number of rotatable bonds is 4. The standard InChI is InChI=1S/C18H20ClNO/c19-17-10-13(11-20)8-9-15(17)12-21-18-7-3-5-14-4-1-2-6-16(14)18/h1-2,4,6,8-10,18H,3,5,7,11-12,20H2. The molecule has 0 radical (unpaired) electrons. The van der Waals surface area contributed by atoms with Gasteiger partial charge in [0.15, 0.2) is 0 Å². The molecule has 0 spiro atoms. The Bertz CT molecular complexity index is 626. The SMILES string of the molecule is NCc1ccc(COC2CCCc3ccccc32)c(Cl)c1. The molecule has 110 valence electrons. The third-order valence-corrected chi connectivity index (χ3v) is 4.46. The summed E-state index contributed by atoms with van der Waals surface area (Å²) in [4.78, 5) is 0. The van der Waals surface area contributed by atoms with E-state index in [1.165, 1.54) is 17.5 Å². The minimum atomic E-state index is 0.181. The van der Waals surface area contributed by atoms with Crippen molar-refractivity contribution in [2.24, 2.45) is 5.73 Å². The van der Waals surface area contributed by atoms with Gasteiger partial charge in [-0.3, -0.25) is 0 Å². The Morgan fingerprint density at radius 1 is 1.19 bits per heavy atom. The summed E-state index contributed by atoms with van der Waals surface area (Å²) in [5, 5.41) is 0.738. The van der Waals surface area contributed by atoms with Crippen LogP contribution >= 0.6 is 11.6 Å². The molecule has 1 aliphatic carbocycles. The van der Waals surface area contributed by atoms with Crippen molar-refractivity contribution < 1.29 is 4.74 Å². The number of ether oxygens (including phenoxy) is 1. The van der Waals surface area contributed by atoms with Crippen molar-refractivity contribution in [2.45, 2.75) is 38.5 Å². The molecule has 2 aromatic carbocycles.